The lowest BCUT2D eigenvalue weighted by atomic mass is 10.0. The molecule has 1 unspecified atom stereocenters. The van der Waals surface area contributed by atoms with Gasteiger partial charge in [-0.05, 0) is 18.6 Å². The number of aromatic nitrogens is 2. The van der Waals surface area contributed by atoms with E-state index in [0.717, 1.165) is 17.9 Å². The number of imidazole rings is 1. The van der Waals surface area contributed by atoms with Crippen LogP contribution in [0.15, 0.2) is 79.0 Å². The molecule has 3 aromatic rings. The second kappa shape index (κ2) is 5.06. The van der Waals surface area contributed by atoms with Gasteiger partial charge >= 0.3 is 0 Å². The van der Waals surface area contributed by atoms with Crippen LogP contribution in [0, 0.1) is 0 Å². The Morgan fingerprint density at radius 2 is 1.81 bits per heavy atom. The molecule has 0 saturated carbocycles. The summed E-state index contributed by atoms with van der Waals surface area (Å²) in [5.41, 5.74) is 3.40. The van der Waals surface area contributed by atoms with Crippen LogP contribution in [0.4, 0.5) is 0 Å². The third-order valence-corrected chi connectivity index (χ3v) is 3.94. The van der Waals surface area contributed by atoms with Crippen LogP contribution in [0.5, 0.6) is 0 Å². The Labute approximate surface area is 124 Å². The zero-order valence-corrected chi connectivity index (χ0v) is 11.7. The number of hydrogen-bond acceptors (Lipinski definition) is 1. The first kappa shape index (κ1) is 12.2. The lowest BCUT2D eigenvalue weighted by Gasteiger charge is -2.11. The fraction of sp³-hybridized carbons (Fsp3) is 0.105. The molecule has 4 rings (SSSR count). The fourth-order valence-corrected chi connectivity index (χ4v) is 2.90. The van der Waals surface area contributed by atoms with Crippen molar-refractivity contribution in [3.63, 3.8) is 0 Å². The Balaban J connectivity index is 1.93. The second-order valence-electron chi connectivity index (χ2n) is 5.30. The lowest BCUT2D eigenvalue weighted by molar-refractivity contribution is 0.769. The summed E-state index contributed by atoms with van der Waals surface area (Å²) in [4.78, 5) is 4.96. The molecule has 1 aromatic carbocycles. The molecule has 0 fully saturated rings. The molecule has 0 N–H and O–H groups in total. The Bertz CT molecular complexity index is 825. The number of allylic oxidation sites excluding steroid dienone is 4. The predicted octanol–water partition coefficient (Wildman–Crippen LogP) is 4.60. The van der Waals surface area contributed by atoms with Crippen LogP contribution in [-0.2, 0) is 0 Å². The van der Waals surface area contributed by atoms with Crippen molar-refractivity contribution in [2.75, 3.05) is 0 Å². The average molecular weight is 272 g/mol. The first-order valence-corrected chi connectivity index (χ1v) is 7.29. The number of rotatable bonds is 2. The molecule has 0 aliphatic heterocycles. The Hall–Kier alpha value is -2.61. The molecule has 2 heterocycles. The van der Waals surface area contributed by atoms with E-state index in [1.807, 2.05) is 6.07 Å². The van der Waals surface area contributed by atoms with E-state index in [1.165, 1.54) is 11.1 Å². The molecule has 0 bridgehead atoms. The molecule has 2 nitrogen and oxygen atoms in total. The second-order valence-corrected chi connectivity index (χ2v) is 5.30. The van der Waals surface area contributed by atoms with Crippen molar-refractivity contribution in [3.8, 4) is 11.3 Å². The maximum Gasteiger partial charge on any atom is 0.121 e. The summed E-state index contributed by atoms with van der Waals surface area (Å²) in [6, 6.07) is 16.7. The van der Waals surface area contributed by atoms with Crippen molar-refractivity contribution in [2.24, 2.45) is 0 Å². The molecule has 2 heteroatoms. The van der Waals surface area contributed by atoms with Gasteiger partial charge in [0, 0.05) is 17.7 Å². The third-order valence-electron chi connectivity index (χ3n) is 3.94. The highest BCUT2D eigenvalue weighted by Crippen LogP contribution is 2.30. The number of hydrogen-bond donors (Lipinski definition) is 0. The highest BCUT2D eigenvalue weighted by Gasteiger charge is 2.18. The van der Waals surface area contributed by atoms with Crippen LogP contribution in [0.2, 0.25) is 0 Å². The van der Waals surface area contributed by atoms with Crippen molar-refractivity contribution >= 4 is 5.52 Å². The van der Waals surface area contributed by atoms with Crippen molar-refractivity contribution in [3.05, 3.63) is 84.9 Å². The monoisotopic (exact) mass is 272 g/mol. The smallest absolute Gasteiger partial charge is 0.121 e. The van der Waals surface area contributed by atoms with Gasteiger partial charge in [0.1, 0.15) is 5.82 Å². The van der Waals surface area contributed by atoms with E-state index in [-0.39, 0.29) is 0 Å². The van der Waals surface area contributed by atoms with Gasteiger partial charge in [0.25, 0.3) is 0 Å². The van der Waals surface area contributed by atoms with E-state index in [2.05, 4.69) is 77.4 Å². The summed E-state index contributed by atoms with van der Waals surface area (Å²) in [5, 5.41) is 0. The molecule has 0 saturated heterocycles. The van der Waals surface area contributed by atoms with Crippen LogP contribution >= 0.6 is 0 Å². The van der Waals surface area contributed by atoms with Gasteiger partial charge in [-0.3, -0.25) is 0 Å². The van der Waals surface area contributed by atoms with E-state index < -0.39 is 0 Å². The molecular weight excluding hydrogens is 256 g/mol. The zero-order chi connectivity index (χ0) is 14.1. The highest BCUT2D eigenvalue weighted by atomic mass is 15.0. The Morgan fingerprint density at radius 3 is 2.62 bits per heavy atom. The van der Waals surface area contributed by atoms with E-state index in [0.29, 0.717) is 5.92 Å². The van der Waals surface area contributed by atoms with Crippen LogP contribution in [0.1, 0.15) is 18.2 Å². The summed E-state index contributed by atoms with van der Waals surface area (Å²) >= 11 is 0. The van der Waals surface area contributed by atoms with E-state index in [4.69, 9.17) is 4.98 Å². The van der Waals surface area contributed by atoms with Gasteiger partial charge in [-0.15, -0.1) is 0 Å². The van der Waals surface area contributed by atoms with Crippen LogP contribution in [0.3, 0.4) is 0 Å². The van der Waals surface area contributed by atoms with Crippen LogP contribution < -0.4 is 0 Å². The highest BCUT2D eigenvalue weighted by molar-refractivity contribution is 5.77. The summed E-state index contributed by atoms with van der Waals surface area (Å²) in [6.07, 6.45) is 11.8. The van der Waals surface area contributed by atoms with Gasteiger partial charge in [0.15, 0.2) is 0 Å². The van der Waals surface area contributed by atoms with Crippen molar-refractivity contribution in [2.45, 2.75) is 12.3 Å². The molecular formula is C19H16N2. The van der Waals surface area contributed by atoms with Gasteiger partial charge in [0.05, 0.1) is 11.2 Å². The largest absolute Gasteiger partial charge is 0.303 e. The van der Waals surface area contributed by atoms with Gasteiger partial charge in [0.2, 0.25) is 0 Å². The van der Waals surface area contributed by atoms with Gasteiger partial charge in [-0.1, -0.05) is 60.7 Å². The van der Waals surface area contributed by atoms with Gasteiger partial charge in [-0.2, -0.15) is 0 Å². The first-order valence-electron chi connectivity index (χ1n) is 7.29. The summed E-state index contributed by atoms with van der Waals surface area (Å²) in [5.74, 6) is 1.47. The standard InChI is InChI=1S/C19H16N2/c1-3-9-15(10-4-1)18-17-13-7-8-14-21(17)19(20-18)16-11-5-2-6-12-16/h1-11,13-14,16H,12H2. The van der Waals surface area contributed by atoms with Crippen molar-refractivity contribution in [1.29, 1.82) is 0 Å². The van der Waals surface area contributed by atoms with Crippen molar-refractivity contribution < 1.29 is 0 Å². The molecule has 1 atom stereocenters. The maximum atomic E-state index is 4.96. The van der Waals surface area contributed by atoms with E-state index in [9.17, 15) is 0 Å². The van der Waals surface area contributed by atoms with E-state index >= 15 is 0 Å². The lowest BCUT2D eigenvalue weighted by Crippen LogP contribution is -2.02. The molecule has 21 heavy (non-hydrogen) atoms. The minimum Gasteiger partial charge on any atom is -0.303 e. The molecule has 1 aliphatic carbocycles. The predicted molar refractivity (Wildman–Crippen MR) is 86.3 cm³/mol. The van der Waals surface area contributed by atoms with Crippen molar-refractivity contribution in [1.82, 2.24) is 9.38 Å². The topological polar surface area (TPSA) is 17.3 Å². The normalized spacial score (nSPS) is 17.4. The summed E-state index contributed by atoms with van der Waals surface area (Å²) in [6.45, 7) is 0. The maximum absolute atomic E-state index is 4.96. The number of nitrogens with zero attached hydrogens (tertiary/aromatic N) is 2. The molecule has 0 spiro atoms. The average Bonchev–Trinajstić information content (AvgIpc) is 2.96. The Morgan fingerprint density at radius 1 is 0.952 bits per heavy atom. The minimum absolute atomic E-state index is 0.349. The molecule has 0 amide bonds. The number of pyridine rings is 1. The fourth-order valence-electron chi connectivity index (χ4n) is 2.90. The van der Waals surface area contributed by atoms with Gasteiger partial charge in [-0.25, -0.2) is 4.98 Å². The molecule has 1 aliphatic rings. The molecule has 0 radical (unpaired) electrons. The molecule has 102 valence electrons. The van der Waals surface area contributed by atoms with Gasteiger partial charge < -0.3 is 4.40 Å². The van der Waals surface area contributed by atoms with Crippen LogP contribution in [-0.4, -0.2) is 9.38 Å². The summed E-state index contributed by atoms with van der Waals surface area (Å²) in [7, 11) is 0. The minimum atomic E-state index is 0.349. The first-order chi connectivity index (χ1) is 10.4. The Kier molecular flexibility index (Phi) is 2.93. The number of fused-ring (bicyclic) bond motifs is 1. The zero-order valence-electron chi connectivity index (χ0n) is 11.7. The van der Waals surface area contributed by atoms with E-state index in [1.54, 1.807) is 0 Å². The number of benzene rings is 1. The SMILES string of the molecule is C1=CCC(c2nc(-c3ccccc3)c3ccccn23)C=C1. The quantitative estimate of drug-likeness (QED) is 0.666. The summed E-state index contributed by atoms with van der Waals surface area (Å²) < 4.78 is 2.22. The van der Waals surface area contributed by atoms with Crippen LogP contribution in [0.25, 0.3) is 16.8 Å². The molecule has 2 aromatic heterocycles. The third kappa shape index (κ3) is 2.09.